The van der Waals surface area contributed by atoms with Gasteiger partial charge in [-0.3, -0.25) is 0 Å². The molecule has 0 amide bonds. The Bertz CT molecular complexity index is 1200. The van der Waals surface area contributed by atoms with Crippen LogP contribution in [0.1, 0.15) is 11.4 Å². The van der Waals surface area contributed by atoms with Crippen LogP contribution in [0.2, 0.25) is 0 Å². The molecular formula is C24H24N4O2S. The normalized spacial score (nSPS) is 14.2. The molecule has 0 radical (unpaired) electrons. The fourth-order valence-corrected chi connectivity index (χ4v) is 4.74. The minimum atomic E-state index is 0.627. The van der Waals surface area contributed by atoms with E-state index in [2.05, 4.69) is 39.5 Å². The Hall–Kier alpha value is -3.16. The molecule has 6 nitrogen and oxygen atoms in total. The SMILES string of the molecule is COc1cc(-c2csc3cnc(Cc4ccc(N5CCOCC5)cc4)nc23)ccc1N. The molecule has 2 aromatic heterocycles. The average Bonchev–Trinajstić information content (AvgIpc) is 3.24. The van der Waals surface area contributed by atoms with Gasteiger partial charge in [0.25, 0.3) is 0 Å². The number of hydrogen-bond acceptors (Lipinski definition) is 7. The van der Waals surface area contributed by atoms with Gasteiger partial charge in [-0.2, -0.15) is 0 Å². The van der Waals surface area contributed by atoms with E-state index < -0.39 is 0 Å². The molecule has 1 aliphatic rings. The van der Waals surface area contributed by atoms with Crippen molar-refractivity contribution in [2.75, 3.05) is 44.0 Å². The lowest BCUT2D eigenvalue weighted by Crippen LogP contribution is -2.36. The molecule has 0 bridgehead atoms. The summed E-state index contributed by atoms with van der Waals surface area (Å²) in [4.78, 5) is 11.8. The number of nitrogens with zero attached hydrogens (tertiary/aromatic N) is 3. The van der Waals surface area contributed by atoms with Gasteiger partial charge in [-0.1, -0.05) is 18.2 Å². The monoisotopic (exact) mass is 432 g/mol. The second kappa shape index (κ2) is 8.53. The topological polar surface area (TPSA) is 73.5 Å². The van der Waals surface area contributed by atoms with Crippen LogP contribution in [0, 0.1) is 0 Å². The average molecular weight is 433 g/mol. The van der Waals surface area contributed by atoms with E-state index >= 15 is 0 Å². The van der Waals surface area contributed by atoms with Gasteiger partial charge in [-0.25, -0.2) is 9.97 Å². The van der Waals surface area contributed by atoms with Gasteiger partial charge in [-0.15, -0.1) is 11.3 Å². The van der Waals surface area contributed by atoms with Gasteiger partial charge in [0.05, 0.1) is 36.2 Å². The maximum Gasteiger partial charge on any atom is 0.142 e. The van der Waals surface area contributed by atoms with Crippen molar-refractivity contribution < 1.29 is 9.47 Å². The third-order valence-electron chi connectivity index (χ3n) is 5.58. The molecule has 2 N–H and O–H groups in total. The van der Waals surface area contributed by atoms with Crippen molar-refractivity contribution in [3.8, 4) is 16.9 Å². The Labute approximate surface area is 185 Å². The van der Waals surface area contributed by atoms with Crippen LogP contribution in [0.25, 0.3) is 21.3 Å². The van der Waals surface area contributed by atoms with Gasteiger partial charge >= 0.3 is 0 Å². The van der Waals surface area contributed by atoms with E-state index in [-0.39, 0.29) is 0 Å². The van der Waals surface area contributed by atoms with Crippen LogP contribution in [0.5, 0.6) is 5.75 Å². The number of hydrogen-bond donors (Lipinski definition) is 1. The van der Waals surface area contributed by atoms with E-state index in [1.807, 2.05) is 24.4 Å². The summed E-state index contributed by atoms with van der Waals surface area (Å²) in [6, 6.07) is 14.5. The maximum atomic E-state index is 5.98. The van der Waals surface area contributed by atoms with Crippen molar-refractivity contribution in [3.63, 3.8) is 0 Å². The van der Waals surface area contributed by atoms with Crippen molar-refractivity contribution >= 4 is 32.9 Å². The molecule has 0 spiro atoms. The number of rotatable bonds is 5. The predicted molar refractivity (Wildman–Crippen MR) is 126 cm³/mol. The molecule has 4 aromatic rings. The van der Waals surface area contributed by atoms with Gasteiger partial charge in [0.2, 0.25) is 0 Å². The number of methoxy groups -OCH3 is 1. The third-order valence-corrected chi connectivity index (χ3v) is 6.49. The van der Waals surface area contributed by atoms with E-state index in [4.69, 9.17) is 20.2 Å². The van der Waals surface area contributed by atoms with Crippen LogP contribution in [0.3, 0.4) is 0 Å². The quantitative estimate of drug-likeness (QED) is 0.472. The number of fused-ring (bicyclic) bond motifs is 1. The van der Waals surface area contributed by atoms with Crippen LogP contribution >= 0.6 is 11.3 Å². The summed E-state index contributed by atoms with van der Waals surface area (Å²) in [6.45, 7) is 3.46. The molecule has 31 heavy (non-hydrogen) atoms. The molecule has 5 rings (SSSR count). The van der Waals surface area contributed by atoms with Crippen molar-refractivity contribution in [2.24, 2.45) is 0 Å². The Balaban J connectivity index is 1.40. The first-order valence-corrected chi connectivity index (χ1v) is 11.2. The molecule has 0 saturated carbocycles. The van der Waals surface area contributed by atoms with Crippen LogP contribution in [-0.4, -0.2) is 43.4 Å². The summed E-state index contributed by atoms with van der Waals surface area (Å²) in [5, 5.41) is 2.12. The Morgan fingerprint density at radius 1 is 1.13 bits per heavy atom. The lowest BCUT2D eigenvalue weighted by atomic mass is 10.1. The van der Waals surface area contributed by atoms with Crippen LogP contribution < -0.4 is 15.4 Å². The van der Waals surface area contributed by atoms with E-state index in [9.17, 15) is 0 Å². The van der Waals surface area contributed by atoms with Crippen LogP contribution in [0.15, 0.2) is 54.0 Å². The maximum absolute atomic E-state index is 5.98. The second-order valence-corrected chi connectivity index (χ2v) is 8.46. The number of thiophene rings is 1. The summed E-state index contributed by atoms with van der Waals surface area (Å²) < 4.78 is 11.9. The third kappa shape index (κ3) is 4.06. The zero-order chi connectivity index (χ0) is 21.2. The zero-order valence-corrected chi connectivity index (χ0v) is 18.2. The van der Waals surface area contributed by atoms with Gasteiger partial charge in [0.15, 0.2) is 0 Å². The first kappa shape index (κ1) is 19.8. The van der Waals surface area contributed by atoms with Crippen molar-refractivity contribution in [1.82, 2.24) is 9.97 Å². The van der Waals surface area contributed by atoms with Crippen molar-refractivity contribution in [3.05, 3.63) is 65.4 Å². The highest BCUT2D eigenvalue weighted by Crippen LogP contribution is 2.35. The van der Waals surface area contributed by atoms with Crippen LogP contribution in [0.4, 0.5) is 11.4 Å². The number of morpholine rings is 1. The second-order valence-electron chi connectivity index (χ2n) is 7.55. The lowest BCUT2D eigenvalue weighted by Gasteiger charge is -2.28. The van der Waals surface area contributed by atoms with Gasteiger partial charge in [-0.05, 0) is 35.4 Å². The molecule has 1 aliphatic heterocycles. The van der Waals surface area contributed by atoms with Crippen LogP contribution in [-0.2, 0) is 11.2 Å². The molecule has 7 heteroatoms. The summed E-state index contributed by atoms with van der Waals surface area (Å²) in [5.74, 6) is 1.49. The summed E-state index contributed by atoms with van der Waals surface area (Å²) in [7, 11) is 1.63. The highest BCUT2D eigenvalue weighted by molar-refractivity contribution is 7.17. The fourth-order valence-electron chi connectivity index (χ4n) is 3.86. The molecule has 0 atom stereocenters. The van der Waals surface area contributed by atoms with E-state index in [1.54, 1.807) is 18.4 Å². The Morgan fingerprint density at radius 3 is 2.71 bits per heavy atom. The van der Waals surface area contributed by atoms with Gasteiger partial charge in [0, 0.05) is 42.3 Å². The smallest absolute Gasteiger partial charge is 0.142 e. The Kier molecular flexibility index (Phi) is 5.44. The number of aromatic nitrogens is 2. The summed E-state index contributed by atoms with van der Waals surface area (Å²) in [6.07, 6.45) is 2.61. The van der Waals surface area contributed by atoms with E-state index in [0.717, 1.165) is 53.5 Å². The molecule has 2 aromatic carbocycles. The molecule has 3 heterocycles. The minimum absolute atomic E-state index is 0.627. The van der Waals surface area contributed by atoms with Gasteiger partial charge < -0.3 is 20.1 Å². The van der Waals surface area contributed by atoms with Crippen molar-refractivity contribution in [1.29, 1.82) is 0 Å². The number of benzene rings is 2. The summed E-state index contributed by atoms with van der Waals surface area (Å²) >= 11 is 1.65. The number of anilines is 2. The summed E-state index contributed by atoms with van der Waals surface area (Å²) in [5.41, 5.74) is 12.1. The van der Waals surface area contributed by atoms with E-state index in [1.165, 1.54) is 11.3 Å². The highest BCUT2D eigenvalue weighted by Gasteiger charge is 2.13. The lowest BCUT2D eigenvalue weighted by molar-refractivity contribution is 0.122. The fraction of sp³-hybridized carbons (Fsp3) is 0.250. The number of nitrogens with two attached hydrogens (primary N) is 1. The predicted octanol–water partition coefficient (Wildman–Crippen LogP) is 4.38. The zero-order valence-electron chi connectivity index (χ0n) is 17.4. The molecule has 1 saturated heterocycles. The van der Waals surface area contributed by atoms with Crippen molar-refractivity contribution in [2.45, 2.75) is 6.42 Å². The molecule has 1 fully saturated rings. The first-order valence-electron chi connectivity index (χ1n) is 10.3. The van der Waals surface area contributed by atoms with E-state index in [0.29, 0.717) is 17.9 Å². The molecular weight excluding hydrogens is 408 g/mol. The first-order chi connectivity index (χ1) is 15.2. The van der Waals surface area contributed by atoms with Gasteiger partial charge in [0.1, 0.15) is 11.6 Å². The molecule has 0 aliphatic carbocycles. The number of ether oxygens (including phenoxy) is 2. The molecule has 0 unspecified atom stereocenters. The largest absolute Gasteiger partial charge is 0.495 e. The highest BCUT2D eigenvalue weighted by atomic mass is 32.1. The standard InChI is InChI=1S/C24H24N4O2S/c1-29-21-13-17(4-7-20(21)25)19-15-31-22-14-26-23(27-24(19)22)12-16-2-5-18(6-3-16)28-8-10-30-11-9-28/h2-7,13-15H,8-12,25H2,1H3. The minimum Gasteiger partial charge on any atom is -0.495 e. The number of nitrogen functional groups attached to an aromatic ring is 1. The Morgan fingerprint density at radius 2 is 1.94 bits per heavy atom. The molecule has 158 valence electrons.